The van der Waals surface area contributed by atoms with Gasteiger partial charge >= 0.3 is 0 Å². The molecule has 0 spiro atoms. The van der Waals surface area contributed by atoms with Crippen molar-refractivity contribution in [3.05, 3.63) is 59.1 Å². The van der Waals surface area contributed by atoms with E-state index in [2.05, 4.69) is 39.0 Å². The average Bonchev–Trinajstić information content (AvgIpc) is 2.94. The van der Waals surface area contributed by atoms with Gasteiger partial charge in [-0.05, 0) is 42.7 Å². The standard InChI is InChI=1S/C18H19ClN4O/c1-2-10-23-12-14(15-4-3-8-20-17(15)23)7-9-21-18(24)13-5-6-16(19)22-11-13/h3-6,8,11-12H,2,7,9-10H2,1H3,(H,21,24). The Balaban J connectivity index is 1.67. The molecule has 1 N–H and O–H groups in total. The van der Waals surface area contributed by atoms with Crippen molar-refractivity contribution in [2.45, 2.75) is 26.3 Å². The van der Waals surface area contributed by atoms with Gasteiger partial charge in [0.1, 0.15) is 10.8 Å². The van der Waals surface area contributed by atoms with Crippen molar-refractivity contribution in [1.29, 1.82) is 0 Å². The van der Waals surface area contributed by atoms with Crippen molar-refractivity contribution < 1.29 is 4.79 Å². The van der Waals surface area contributed by atoms with Crippen LogP contribution in [0.2, 0.25) is 5.15 Å². The van der Waals surface area contributed by atoms with E-state index < -0.39 is 0 Å². The molecule has 3 rings (SSSR count). The number of aromatic nitrogens is 3. The molecule has 1 amide bonds. The van der Waals surface area contributed by atoms with E-state index in [0.717, 1.165) is 30.4 Å². The summed E-state index contributed by atoms with van der Waals surface area (Å²) in [6.07, 6.45) is 7.24. The van der Waals surface area contributed by atoms with Crippen molar-refractivity contribution in [3.8, 4) is 0 Å². The molecular weight excluding hydrogens is 324 g/mol. The van der Waals surface area contributed by atoms with Crippen LogP contribution < -0.4 is 5.32 Å². The zero-order valence-corrected chi connectivity index (χ0v) is 14.3. The van der Waals surface area contributed by atoms with Gasteiger partial charge in [0.15, 0.2) is 0 Å². The molecule has 3 aromatic rings. The van der Waals surface area contributed by atoms with Crippen molar-refractivity contribution in [1.82, 2.24) is 19.9 Å². The topological polar surface area (TPSA) is 59.8 Å². The number of amides is 1. The largest absolute Gasteiger partial charge is 0.352 e. The van der Waals surface area contributed by atoms with Gasteiger partial charge in [-0.1, -0.05) is 18.5 Å². The number of fused-ring (bicyclic) bond motifs is 1. The van der Waals surface area contributed by atoms with Crippen LogP contribution in [0.5, 0.6) is 0 Å². The summed E-state index contributed by atoms with van der Waals surface area (Å²) in [5.74, 6) is -0.144. The van der Waals surface area contributed by atoms with Crippen LogP contribution in [0.3, 0.4) is 0 Å². The lowest BCUT2D eigenvalue weighted by Gasteiger charge is -2.04. The fourth-order valence-corrected chi connectivity index (χ4v) is 2.84. The predicted molar refractivity (Wildman–Crippen MR) is 95.3 cm³/mol. The summed E-state index contributed by atoms with van der Waals surface area (Å²) >= 11 is 5.73. The molecule has 0 saturated heterocycles. The molecule has 5 nitrogen and oxygen atoms in total. The van der Waals surface area contributed by atoms with E-state index in [4.69, 9.17) is 11.6 Å². The molecule has 0 aliphatic carbocycles. The van der Waals surface area contributed by atoms with Crippen molar-refractivity contribution in [3.63, 3.8) is 0 Å². The third-order valence-electron chi connectivity index (χ3n) is 3.85. The fourth-order valence-electron chi connectivity index (χ4n) is 2.73. The molecule has 24 heavy (non-hydrogen) atoms. The lowest BCUT2D eigenvalue weighted by molar-refractivity contribution is 0.0954. The number of hydrogen-bond acceptors (Lipinski definition) is 3. The summed E-state index contributed by atoms with van der Waals surface area (Å²) in [5, 5.41) is 4.45. The lowest BCUT2D eigenvalue weighted by atomic mass is 10.1. The molecule has 6 heteroatoms. The highest BCUT2D eigenvalue weighted by Gasteiger charge is 2.10. The SMILES string of the molecule is CCCn1cc(CCNC(=O)c2ccc(Cl)nc2)c2cccnc21. The Hall–Kier alpha value is -2.40. The van der Waals surface area contributed by atoms with E-state index >= 15 is 0 Å². The molecule has 3 heterocycles. The first-order chi connectivity index (χ1) is 11.7. The van der Waals surface area contributed by atoms with Crippen LogP contribution in [-0.2, 0) is 13.0 Å². The van der Waals surface area contributed by atoms with Crippen LogP contribution >= 0.6 is 11.6 Å². The van der Waals surface area contributed by atoms with Gasteiger partial charge in [0.05, 0.1) is 5.56 Å². The molecule has 124 valence electrons. The molecule has 0 radical (unpaired) electrons. The van der Waals surface area contributed by atoms with Crippen LogP contribution in [0.15, 0.2) is 42.9 Å². The van der Waals surface area contributed by atoms with Gasteiger partial charge in [0.2, 0.25) is 0 Å². The number of hydrogen-bond donors (Lipinski definition) is 1. The molecule has 0 aliphatic heterocycles. The van der Waals surface area contributed by atoms with E-state index in [1.807, 2.05) is 12.3 Å². The number of nitrogens with one attached hydrogen (secondary N) is 1. The maximum Gasteiger partial charge on any atom is 0.252 e. The van der Waals surface area contributed by atoms with Gasteiger partial charge in [0, 0.05) is 37.1 Å². The monoisotopic (exact) mass is 342 g/mol. The van der Waals surface area contributed by atoms with Gasteiger partial charge in [0.25, 0.3) is 5.91 Å². The van der Waals surface area contributed by atoms with Crippen LogP contribution in [0.1, 0.15) is 29.3 Å². The number of carbonyl (C=O) groups is 1. The van der Waals surface area contributed by atoms with Gasteiger partial charge < -0.3 is 9.88 Å². The molecular formula is C18H19ClN4O. The van der Waals surface area contributed by atoms with Crippen molar-refractivity contribution >= 4 is 28.5 Å². The highest BCUT2D eigenvalue weighted by atomic mass is 35.5. The lowest BCUT2D eigenvalue weighted by Crippen LogP contribution is -2.25. The first-order valence-corrected chi connectivity index (χ1v) is 8.39. The maximum atomic E-state index is 12.1. The maximum absolute atomic E-state index is 12.1. The fraction of sp³-hybridized carbons (Fsp3) is 0.278. The van der Waals surface area contributed by atoms with Crippen LogP contribution in [0.4, 0.5) is 0 Å². The molecule has 0 aliphatic rings. The summed E-state index contributed by atoms with van der Waals surface area (Å²) in [4.78, 5) is 20.5. The normalized spacial score (nSPS) is 10.9. The van der Waals surface area contributed by atoms with E-state index in [1.54, 1.807) is 12.1 Å². The Morgan fingerprint density at radius 3 is 2.92 bits per heavy atom. The summed E-state index contributed by atoms with van der Waals surface area (Å²) in [7, 11) is 0. The number of aryl methyl sites for hydroxylation is 1. The summed E-state index contributed by atoms with van der Waals surface area (Å²) in [6, 6.07) is 7.30. The molecule has 0 fully saturated rings. The first kappa shape index (κ1) is 16.5. The molecule has 0 saturated carbocycles. The van der Waals surface area contributed by atoms with Gasteiger partial charge in [-0.3, -0.25) is 4.79 Å². The Kier molecular flexibility index (Phi) is 5.11. The minimum absolute atomic E-state index is 0.144. The number of nitrogens with zero attached hydrogens (tertiary/aromatic N) is 3. The molecule has 3 aromatic heterocycles. The Bertz CT molecular complexity index is 842. The number of rotatable bonds is 6. The van der Waals surface area contributed by atoms with E-state index in [-0.39, 0.29) is 5.91 Å². The van der Waals surface area contributed by atoms with Gasteiger partial charge in [-0.25, -0.2) is 9.97 Å². The molecule has 0 atom stereocenters. The highest BCUT2D eigenvalue weighted by Crippen LogP contribution is 2.20. The summed E-state index contributed by atoms with van der Waals surface area (Å²) in [5.41, 5.74) is 2.71. The Morgan fingerprint density at radius 2 is 2.17 bits per heavy atom. The highest BCUT2D eigenvalue weighted by molar-refractivity contribution is 6.29. The molecule has 0 bridgehead atoms. The Morgan fingerprint density at radius 1 is 1.29 bits per heavy atom. The average molecular weight is 343 g/mol. The minimum atomic E-state index is -0.144. The van der Waals surface area contributed by atoms with Crippen molar-refractivity contribution in [2.24, 2.45) is 0 Å². The van der Waals surface area contributed by atoms with Gasteiger partial charge in [-0.15, -0.1) is 0 Å². The smallest absolute Gasteiger partial charge is 0.252 e. The second-order valence-corrected chi connectivity index (χ2v) is 5.99. The van der Waals surface area contributed by atoms with Gasteiger partial charge in [-0.2, -0.15) is 0 Å². The van der Waals surface area contributed by atoms with E-state index in [9.17, 15) is 4.79 Å². The Labute approximate surface area is 145 Å². The zero-order chi connectivity index (χ0) is 16.9. The number of halogens is 1. The van der Waals surface area contributed by atoms with E-state index in [1.165, 1.54) is 11.8 Å². The second-order valence-electron chi connectivity index (χ2n) is 5.60. The van der Waals surface area contributed by atoms with Crippen LogP contribution in [0.25, 0.3) is 11.0 Å². The first-order valence-electron chi connectivity index (χ1n) is 8.01. The molecule has 0 aromatic carbocycles. The zero-order valence-electron chi connectivity index (χ0n) is 13.5. The number of carbonyl (C=O) groups excluding carboxylic acids is 1. The van der Waals surface area contributed by atoms with Crippen LogP contribution in [-0.4, -0.2) is 27.0 Å². The quantitative estimate of drug-likeness (QED) is 0.698. The minimum Gasteiger partial charge on any atom is -0.352 e. The summed E-state index contributed by atoms with van der Waals surface area (Å²) < 4.78 is 2.18. The second kappa shape index (κ2) is 7.45. The van der Waals surface area contributed by atoms with Crippen molar-refractivity contribution in [2.75, 3.05) is 6.54 Å². The predicted octanol–water partition coefficient (Wildman–Crippen LogP) is 3.47. The van der Waals surface area contributed by atoms with E-state index in [0.29, 0.717) is 17.3 Å². The third-order valence-corrected chi connectivity index (χ3v) is 4.07. The molecule has 0 unspecified atom stereocenters. The third kappa shape index (κ3) is 3.57. The number of pyridine rings is 2. The summed E-state index contributed by atoms with van der Waals surface area (Å²) in [6.45, 7) is 3.65. The van der Waals surface area contributed by atoms with Crippen LogP contribution in [0, 0.1) is 0 Å².